The van der Waals surface area contributed by atoms with Gasteiger partial charge in [0.25, 0.3) is 0 Å². The van der Waals surface area contributed by atoms with Crippen molar-refractivity contribution >= 4 is 16.8 Å². The van der Waals surface area contributed by atoms with Gasteiger partial charge in [-0.1, -0.05) is 0 Å². The van der Waals surface area contributed by atoms with Gasteiger partial charge in [-0.15, -0.1) is 0 Å². The molecule has 0 aliphatic heterocycles. The average Bonchev–Trinajstić information content (AvgIpc) is 2.82. The molecule has 1 saturated carbocycles. The lowest BCUT2D eigenvalue weighted by atomic mass is 10.4. The summed E-state index contributed by atoms with van der Waals surface area (Å²) in [7, 11) is -0.925. The maximum absolute atomic E-state index is 11.5. The number of rotatable bonds is 5. The van der Waals surface area contributed by atoms with Crippen molar-refractivity contribution in [1.29, 1.82) is 0 Å². The lowest BCUT2D eigenvalue weighted by Crippen LogP contribution is -2.01. The van der Waals surface area contributed by atoms with Crippen LogP contribution in [-0.2, 0) is 16.6 Å². The molecule has 1 heterocycles. The van der Waals surface area contributed by atoms with Gasteiger partial charge in [0.2, 0.25) is 5.76 Å². The standard InChI is InChI=1S/C10H12O4S/c11-10(12)9-4-3-8(14-9)6-15(13)5-7-1-2-7/h3-4,7H,1-2,5-6H2,(H,11,12). The van der Waals surface area contributed by atoms with Gasteiger partial charge in [-0.05, 0) is 30.9 Å². The lowest BCUT2D eigenvalue weighted by molar-refractivity contribution is 0.0661. The SMILES string of the molecule is O=C(O)c1ccc(CS(=O)CC2CC2)o1. The predicted octanol–water partition coefficient (Wildman–Crippen LogP) is 1.64. The molecular formula is C10H12O4S. The van der Waals surface area contributed by atoms with E-state index < -0.39 is 16.8 Å². The fourth-order valence-corrected chi connectivity index (χ4v) is 2.78. The van der Waals surface area contributed by atoms with Crippen molar-refractivity contribution < 1.29 is 18.5 Å². The minimum Gasteiger partial charge on any atom is -0.475 e. The molecule has 0 amide bonds. The minimum atomic E-state index is -1.09. The highest BCUT2D eigenvalue weighted by Gasteiger charge is 2.24. The third-order valence-electron chi connectivity index (χ3n) is 2.29. The summed E-state index contributed by atoms with van der Waals surface area (Å²) in [6, 6.07) is 2.97. The monoisotopic (exact) mass is 228 g/mol. The van der Waals surface area contributed by atoms with E-state index in [1.165, 1.54) is 18.9 Å². The molecule has 5 heteroatoms. The number of aromatic carboxylic acids is 1. The molecular weight excluding hydrogens is 216 g/mol. The van der Waals surface area contributed by atoms with E-state index >= 15 is 0 Å². The van der Waals surface area contributed by atoms with Crippen molar-refractivity contribution in [3.05, 3.63) is 23.7 Å². The zero-order valence-corrected chi connectivity index (χ0v) is 8.96. The maximum atomic E-state index is 11.5. The molecule has 1 atom stereocenters. The van der Waals surface area contributed by atoms with Crippen molar-refractivity contribution in [2.45, 2.75) is 18.6 Å². The van der Waals surface area contributed by atoms with Crippen LogP contribution in [-0.4, -0.2) is 21.0 Å². The zero-order valence-electron chi connectivity index (χ0n) is 8.14. The maximum Gasteiger partial charge on any atom is 0.371 e. The van der Waals surface area contributed by atoms with Crippen LogP contribution in [0, 0.1) is 5.92 Å². The summed E-state index contributed by atoms with van der Waals surface area (Å²) in [4.78, 5) is 10.5. The number of carboxylic acids is 1. The van der Waals surface area contributed by atoms with Crippen molar-refractivity contribution in [3.63, 3.8) is 0 Å². The van der Waals surface area contributed by atoms with Gasteiger partial charge in [-0.2, -0.15) is 0 Å². The van der Waals surface area contributed by atoms with E-state index in [0.717, 1.165) is 0 Å². The highest BCUT2D eigenvalue weighted by molar-refractivity contribution is 7.84. The Morgan fingerprint density at radius 1 is 1.53 bits per heavy atom. The minimum absolute atomic E-state index is 0.0894. The molecule has 4 nitrogen and oxygen atoms in total. The Labute approximate surface area is 89.7 Å². The normalized spacial score (nSPS) is 17.6. The van der Waals surface area contributed by atoms with Crippen LogP contribution in [0.4, 0.5) is 0 Å². The number of furan rings is 1. The van der Waals surface area contributed by atoms with E-state index in [4.69, 9.17) is 9.52 Å². The van der Waals surface area contributed by atoms with E-state index in [0.29, 0.717) is 23.2 Å². The van der Waals surface area contributed by atoms with Crippen LogP contribution >= 0.6 is 0 Å². The van der Waals surface area contributed by atoms with Gasteiger partial charge >= 0.3 is 5.97 Å². The topological polar surface area (TPSA) is 67.5 Å². The first kappa shape index (κ1) is 10.4. The van der Waals surface area contributed by atoms with Crippen molar-refractivity contribution in [3.8, 4) is 0 Å². The van der Waals surface area contributed by atoms with E-state index in [1.807, 2.05) is 0 Å². The van der Waals surface area contributed by atoms with Gasteiger partial charge in [0.15, 0.2) is 0 Å². The van der Waals surface area contributed by atoms with Gasteiger partial charge in [0.05, 0.1) is 5.75 Å². The summed E-state index contributed by atoms with van der Waals surface area (Å²) in [6.07, 6.45) is 2.34. The Balaban J connectivity index is 1.91. The predicted molar refractivity (Wildman–Crippen MR) is 55.1 cm³/mol. The number of carbonyl (C=O) groups is 1. The molecule has 1 aliphatic rings. The molecule has 1 aliphatic carbocycles. The number of hydrogen-bond acceptors (Lipinski definition) is 3. The van der Waals surface area contributed by atoms with Gasteiger partial charge in [0, 0.05) is 16.6 Å². The van der Waals surface area contributed by atoms with E-state index in [9.17, 15) is 9.00 Å². The quantitative estimate of drug-likeness (QED) is 0.831. The number of carboxylic acid groups (broad SMARTS) is 1. The van der Waals surface area contributed by atoms with Crippen LogP contribution in [0.3, 0.4) is 0 Å². The smallest absolute Gasteiger partial charge is 0.371 e. The molecule has 1 unspecified atom stereocenters. The first-order valence-corrected chi connectivity index (χ1v) is 6.31. The highest BCUT2D eigenvalue weighted by Crippen LogP contribution is 2.30. The molecule has 1 fully saturated rings. The molecule has 2 rings (SSSR count). The van der Waals surface area contributed by atoms with Gasteiger partial charge in [-0.25, -0.2) is 4.79 Å². The zero-order chi connectivity index (χ0) is 10.8. The second-order valence-electron chi connectivity index (χ2n) is 3.77. The first-order chi connectivity index (χ1) is 7.15. The number of hydrogen-bond donors (Lipinski definition) is 1. The summed E-state index contributed by atoms with van der Waals surface area (Å²) in [5.74, 6) is 0.959. The third-order valence-corrected chi connectivity index (χ3v) is 3.74. The summed E-state index contributed by atoms with van der Waals surface area (Å²) in [5, 5.41) is 8.62. The molecule has 0 spiro atoms. The van der Waals surface area contributed by atoms with Crippen molar-refractivity contribution in [1.82, 2.24) is 0 Å². The van der Waals surface area contributed by atoms with Gasteiger partial charge in [-0.3, -0.25) is 4.21 Å². The average molecular weight is 228 g/mol. The van der Waals surface area contributed by atoms with Crippen LogP contribution in [0.15, 0.2) is 16.5 Å². The first-order valence-electron chi connectivity index (χ1n) is 4.82. The van der Waals surface area contributed by atoms with E-state index in [2.05, 4.69) is 0 Å². The second-order valence-corrected chi connectivity index (χ2v) is 5.27. The second kappa shape index (κ2) is 4.18. The fourth-order valence-electron chi connectivity index (χ4n) is 1.34. The van der Waals surface area contributed by atoms with Crippen LogP contribution in [0.1, 0.15) is 29.2 Å². The molecule has 82 valence electrons. The van der Waals surface area contributed by atoms with Crippen LogP contribution < -0.4 is 0 Å². The molecule has 1 N–H and O–H groups in total. The molecule has 0 saturated heterocycles. The summed E-state index contributed by atoms with van der Waals surface area (Å²) >= 11 is 0. The molecule has 0 radical (unpaired) electrons. The Morgan fingerprint density at radius 3 is 2.80 bits per heavy atom. The van der Waals surface area contributed by atoms with Crippen LogP contribution in [0.5, 0.6) is 0 Å². The van der Waals surface area contributed by atoms with E-state index in [1.54, 1.807) is 6.07 Å². The Morgan fingerprint density at radius 2 is 2.27 bits per heavy atom. The summed E-state index contributed by atoms with van der Waals surface area (Å²) < 4.78 is 16.6. The Kier molecular flexibility index (Phi) is 2.90. The Hall–Kier alpha value is -1.10. The largest absolute Gasteiger partial charge is 0.475 e. The Bertz CT molecular complexity index is 392. The van der Waals surface area contributed by atoms with Gasteiger partial charge < -0.3 is 9.52 Å². The molecule has 1 aromatic rings. The fraction of sp³-hybridized carbons (Fsp3) is 0.500. The molecule has 1 aromatic heterocycles. The lowest BCUT2D eigenvalue weighted by Gasteiger charge is -1.97. The van der Waals surface area contributed by atoms with E-state index in [-0.39, 0.29) is 5.76 Å². The van der Waals surface area contributed by atoms with Crippen molar-refractivity contribution in [2.75, 3.05) is 5.75 Å². The van der Waals surface area contributed by atoms with Crippen molar-refractivity contribution in [2.24, 2.45) is 5.92 Å². The summed E-state index contributed by atoms with van der Waals surface area (Å²) in [5.41, 5.74) is 0. The third kappa shape index (κ3) is 2.92. The molecule has 0 bridgehead atoms. The van der Waals surface area contributed by atoms with Gasteiger partial charge in [0.1, 0.15) is 5.76 Å². The molecule has 0 aromatic carbocycles. The molecule has 15 heavy (non-hydrogen) atoms. The summed E-state index contributed by atoms with van der Waals surface area (Å²) in [6.45, 7) is 0. The van der Waals surface area contributed by atoms with Crippen LogP contribution in [0.25, 0.3) is 0 Å². The van der Waals surface area contributed by atoms with Crippen LogP contribution in [0.2, 0.25) is 0 Å². The highest BCUT2D eigenvalue weighted by atomic mass is 32.2.